The number of nitrogens with zero attached hydrogens (tertiary/aromatic N) is 2. The van der Waals surface area contributed by atoms with Crippen molar-refractivity contribution < 1.29 is 4.79 Å². The molecule has 0 aliphatic heterocycles. The lowest BCUT2D eigenvalue weighted by atomic mass is 10.1. The second-order valence-electron chi connectivity index (χ2n) is 4.27. The number of hydrogen-bond acceptors (Lipinski definition) is 2. The fraction of sp³-hybridized carbons (Fsp3) is 0.0667. The van der Waals surface area contributed by atoms with Crippen molar-refractivity contribution in [2.75, 3.05) is 0 Å². The number of aryl methyl sites for hydroxylation is 1. The Morgan fingerprint density at radius 3 is 2.67 bits per heavy atom. The summed E-state index contributed by atoms with van der Waals surface area (Å²) in [5, 5.41) is 0. The number of benzene rings is 1. The number of fused-ring (bicyclic) bond motifs is 1. The summed E-state index contributed by atoms with van der Waals surface area (Å²) < 4.78 is 1.84. The molecule has 0 atom stereocenters. The first kappa shape index (κ1) is 10.7. The largest absolute Gasteiger partial charge is 0.296 e. The SMILES string of the molecule is Cc1ccc2ncc(C(=O)c3ccccc3)n2c1. The minimum Gasteiger partial charge on any atom is -0.296 e. The van der Waals surface area contributed by atoms with Gasteiger partial charge < -0.3 is 0 Å². The summed E-state index contributed by atoms with van der Waals surface area (Å²) in [6.07, 6.45) is 3.56. The molecule has 18 heavy (non-hydrogen) atoms. The van der Waals surface area contributed by atoms with Crippen LogP contribution in [0.1, 0.15) is 21.6 Å². The van der Waals surface area contributed by atoms with Crippen LogP contribution in [-0.4, -0.2) is 15.2 Å². The molecule has 3 heteroatoms. The average Bonchev–Trinajstić information content (AvgIpc) is 2.82. The maximum absolute atomic E-state index is 12.4. The second kappa shape index (κ2) is 4.11. The molecule has 1 aromatic carbocycles. The number of aromatic nitrogens is 2. The molecule has 0 bridgehead atoms. The van der Waals surface area contributed by atoms with Gasteiger partial charge in [0.1, 0.15) is 11.3 Å². The molecule has 3 aromatic rings. The lowest BCUT2D eigenvalue weighted by molar-refractivity contribution is 0.103. The number of rotatable bonds is 2. The van der Waals surface area contributed by atoms with E-state index in [0.29, 0.717) is 11.3 Å². The summed E-state index contributed by atoms with van der Waals surface area (Å²) in [6, 6.07) is 13.2. The summed E-state index contributed by atoms with van der Waals surface area (Å²) in [5.74, 6) is -0.00583. The van der Waals surface area contributed by atoms with Gasteiger partial charge in [-0.1, -0.05) is 36.4 Å². The van der Waals surface area contributed by atoms with Gasteiger partial charge in [-0.25, -0.2) is 4.98 Å². The van der Waals surface area contributed by atoms with Gasteiger partial charge >= 0.3 is 0 Å². The van der Waals surface area contributed by atoms with Gasteiger partial charge in [-0.05, 0) is 18.6 Å². The van der Waals surface area contributed by atoms with E-state index in [1.807, 2.05) is 60.0 Å². The van der Waals surface area contributed by atoms with Crippen LogP contribution in [0, 0.1) is 6.92 Å². The minimum absolute atomic E-state index is 0.00583. The van der Waals surface area contributed by atoms with Crippen LogP contribution in [0.3, 0.4) is 0 Å². The molecule has 0 spiro atoms. The number of pyridine rings is 1. The van der Waals surface area contributed by atoms with Crippen LogP contribution in [0.5, 0.6) is 0 Å². The number of carbonyl (C=O) groups excluding carboxylic acids is 1. The van der Waals surface area contributed by atoms with Crippen LogP contribution in [0.15, 0.2) is 54.9 Å². The molecular formula is C15H12N2O. The van der Waals surface area contributed by atoms with E-state index in [2.05, 4.69) is 4.98 Å². The molecule has 3 nitrogen and oxygen atoms in total. The predicted octanol–water partition coefficient (Wildman–Crippen LogP) is 2.87. The van der Waals surface area contributed by atoms with E-state index in [1.54, 1.807) is 6.20 Å². The summed E-state index contributed by atoms with van der Waals surface area (Å²) in [7, 11) is 0. The highest BCUT2D eigenvalue weighted by molar-refractivity contribution is 6.08. The first-order valence-electron chi connectivity index (χ1n) is 5.79. The first-order chi connectivity index (χ1) is 8.75. The summed E-state index contributed by atoms with van der Waals surface area (Å²) in [4.78, 5) is 16.6. The zero-order chi connectivity index (χ0) is 12.5. The van der Waals surface area contributed by atoms with Crippen molar-refractivity contribution in [3.63, 3.8) is 0 Å². The molecule has 2 aromatic heterocycles. The normalized spacial score (nSPS) is 10.7. The van der Waals surface area contributed by atoms with Crippen LogP contribution < -0.4 is 0 Å². The van der Waals surface area contributed by atoms with Gasteiger partial charge in [0.15, 0.2) is 0 Å². The minimum atomic E-state index is -0.00583. The van der Waals surface area contributed by atoms with E-state index >= 15 is 0 Å². The second-order valence-corrected chi connectivity index (χ2v) is 4.27. The quantitative estimate of drug-likeness (QED) is 0.641. The molecule has 0 aliphatic carbocycles. The fourth-order valence-electron chi connectivity index (χ4n) is 1.99. The molecule has 0 saturated heterocycles. The number of hydrogen-bond donors (Lipinski definition) is 0. The average molecular weight is 236 g/mol. The smallest absolute Gasteiger partial charge is 0.211 e. The van der Waals surface area contributed by atoms with Crippen molar-refractivity contribution in [1.82, 2.24) is 9.38 Å². The number of ketones is 1. The molecule has 0 radical (unpaired) electrons. The Hall–Kier alpha value is -2.42. The molecule has 0 amide bonds. The van der Waals surface area contributed by atoms with E-state index in [1.165, 1.54) is 0 Å². The molecule has 0 unspecified atom stereocenters. The lowest BCUT2D eigenvalue weighted by Gasteiger charge is -2.02. The van der Waals surface area contributed by atoms with Gasteiger partial charge in [-0.15, -0.1) is 0 Å². The third kappa shape index (κ3) is 1.70. The number of carbonyl (C=O) groups is 1. The topological polar surface area (TPSA) is 34.4 Å². The van der Waals surface area contributed by atoms with Crippen molar-refractivity contribution in [1.29, 1.82) is 0 Å². The summed E-state index contributed by atoms with van der Waals surface area (Å²) in [5.41, 5.74) is 3.17. The van der Waals surface area contributed by atoms with Crippen LogP contribution in [0.2, 0.25) is 0 Å². The Kier molecular flexibility index (Phi) is 2.45. The van der Waals surface area contributed by atoms with Crippen molar-refractivity contribution in [3.05, 3.63) is 71.7 Å². The molecule has 2 heterocycles. The fourth-order valence-corrected chi connectivity index (χ4v) is 1.99. The third-order valence-corrected chi connectivity index (χ3v) is 2.92. The maximum Gasteiger partial charge on any atom is 0.211 e. The first-order valence-corrected chi connectivity index (χ1v) is 5.79. The Labute approximate surface area is 105 Å². The van der Waals surface area contributed by atoms with Crippen LogP contribution in [-0.2, 0) is 0 Å². The highest BCUT2D eigenvalue weighted by Gasteiger charge is 2.13. The Morgan fingerprint density at radius 1 is 1.11 bits per heavy atom. The van der Waals surface area contributed by atoms with Crippen molar-refractivity contribution >= 4 is 11.4 Å². The zero-order valence-electron chi connectivity index (χ0n) is 10.00. The van der Waals surface area contributed by atoms with E-state index < -0.39 is 0 Å². The van der Waals surface area contributed by atoms with Gasteiger partial charge in [0.05, 0.1) is 6.20 Å². The molecular weight excluding hydrogens is 224 g/mol. The van der Waals surface area contributed by atoms with Gasteiger partial charge in [0.25, 0.3) is 0 Å². The summed E-state index contributed by atoms with van der Waals surface area (Å²) in [6.45, 7) is 2.00. The maximum atomic E-state index is 12.4. The van der Waals surface area contributed by atoms with E-state index in [9.17, 15) is 4.79 Å². The van der Waals surface area contributed by atoms with E-state index in [-0.39, 0.29) is 5.78 Å². The molecule has 0 fully saturated rings. The zero-order valence-corrected chi connectivity index (χ0v) is 10.00. The molecule has 0 aliphatic rings. The van der Waals surface area contributed by atoms with Gasteiger partial charge in [-0.2, -0.15) is 0 Å². The third-order valence-electron chi connectivity index (χ3n) is 2.92. The highest BCUT2D eigenvalue weighted by atomic mass is 16.1. The predicted molar refractivity (Wildman–Crippen MR) is 69.8 cm³/mol. The van der Waals surface area contributed by atoms with E-state index in [0.717, 1.165) is 11.2 Å². The van der Waals surface area contributed by atoms with Crippen LogP contribution in [0.4, 0.5) is 0 Å². The monoisotopic (exact) mass is 236 g/mol. The molecule has 0 N–H and O–H groups in total. The molecule has 88 valence electrons. The standard InChI is InChI=1S/C15H12N2O/c1-11-7-8-14-16-9-13(17(14)10-11)15(18)12-5-3-2-4-6-12/h2-10H,1H3. The van der Waals surface area contributed by atoms with Crippen LogP contribution >= 0.6 is 0 Å². The molecule has 0 saturated carbocycles. The van der Waals surface area contributed by atoms with Crippen molar-refractivity contribution in [2.45, 2.75) is 6.92 Å². The van der Waals surface area contributed by atoms with Crippen molar-refractivity contribution in [2.24, 2.45) is 0 Å². The summed E-state index contributed by atoms with van der Waals surface area (Å²) >= 11 is 0. The van der Waals surface area contributed by atoms with Crippen molar-refractivity contribution in [3.8, 4) is 0 Å². The van der Waals surface area contributed by atoms with Gasteiger partial charge in [0.2, 0.25) is 5.78 Å². The Morgan fingerprint density at radius 2 is 1.89 bits per heavy atom. The highest BCUT2D eigenvalue weighted by Crippen LogP contribution is 2.13. The van der Waals surface area contributed by atoms with E-state index in [4.69, 9.17) is 0 Å². The number of imidazole rings is 1. The van der Waals surface area contributed by atoms with Gasteiger partial charge in [-0.3, -0.25) is 9.20 Å². The Bertz CT molecular complexity index is 714. The van der Waals surface area contributed by atoms with Crippen LogP contribution in [0.25, 0.3) is 5.65 Å². The lowest BCUT2D eigenvalue weighted by Crippen LogP contribution is -2.05. The van der Waals surface area contributed by atoms with Gasteiger partial charge in [0, 0.05) is 11.8 Å². The Balaban J connectivity index is 2.15. The molecule has 3 rings (SSSR count).